The van der Waals surface area contributed by atoms with Crippen molar-refractivity contribution in [2.24, 2.45) is 0 Å². The largest absolute Gasteiger partial charge is 0.306 e. The van der Waals surface area contributed by atoms with Gasteiger partial charge in [0.2, 0.25) is 5.91 Å². The Kier molecular flexibility index (Phi) is 2.17. The first-order valence-corrected chi connectivity index (χ1v) is 4.45. The van der Waals surface area contributed by atoms with Gasteiger partial charge < -0.3 is 10.2 Å². The van der Waals surface area contributed by atoms with Crippen molar-refractivity contribution < 1.29 is 9.18 Å². The van der Waals surface area contributed by atoms with Crippen LogP contribution in [0.25, 0.3) is 0 Å². The van der Waals surface area contributed by atoms with Crippen LogP contribution in [-0.4, -0.2) is 17.6 Å². The quantitative estimate of drug-likeness (QED) is 0.703. The normalized spacial score (nSPS) is 15.9. The minimum Gasteiger partial charge on any atom is -0.306 e. The van der Waals surface area contributed by atoms with Gasteiger partial charge >= 0.3 is 0 Å². The Hall–Kier alpha value is -1.49. The van der Waals surface area contributed by atoms with Crippen LogP contribution >= 0.6 is 12.2 Å². The predicted molar refractivity (Wildman–Crippen MR) is 54.5 cm³/mol. The second-order valence-corrected chi connectivity index (χ2v) is 3.28. The maximum Gasteiger partial charge on any atom is 0.246 e. The molecule has 1 amide bonds. The minimum atomic E-state index is -0.383. The summed E-state index contributed by atoms with van der Waals surface area (Å²) in [5, 5.41) is 2.69. The van der Waals surface area contributed by atoms with Crippen LogP contribution in [0.3, 0.4) is 0 Å². The molecule has 5 heteroatoms. The highest BCUT2D eigenvalue weighted by Gasteiger charge is 2.26. The number of thiocarbonyl (C=S) groups is 1. The van der Waals surface area contributed by atoms with Crippen LogP contribution in [0, 0.1) is 5.82 Å². The predicted octanol–water partition coefficient (Wildman–Crippen LogP) is 1.05. The molecular formula is C9H7FN2OS. The van der Waals surface area contributed by atoms with Gasteiger partial charge in [0.05, 0.1) is 5.69 Å². The van der Waals surface area contributed by atoms with E-state index in [1.165, 1.54) is 11.0 Å². The van der Waals surface area contributed by atoms with Gasteiger partial charge in [0.25, 0.3) is 0 Å². The zero-order valence-electron chi connectivity index (χ0n) is 7.16. The Morgan fingerprint density at radius 1 is 1.43 bits per heavy atom. The second kappa shape index (κ2) is 3.34. The fourth-order valence-corrected chi connectivity index (χ4v) is 1.58. The average molecular weight is 210 g/mol. The Morgan fingerprint density at radius 2 is 2.14 bits per heavy atom. The molecule has 0 unspecified atom stereocenters. The summed E-state index contributed by atoms with van der Waals surface area (Å²) in [6, 6.07) is 6.21. The number of hydrogen-bond donors (Lipinski definition) is 1. The zero-order valence-corrected chi connectivity index (χ0v) is 7.97. The van der Waals surface area contributed by atoms with Crippen molar-refractivity contribution in [1.29, 1.82) is 0 Å². The molecule has 0 saturated carbocycles. The molecule has 1 aliphatic heterocycles. The number of halogens is 1. The summed E-state index contributed by atoms with van der Waals surface area (Å²) >= 11 is 4.89. The van der Waals surface area contributed by atoms with E-state index in [2.05, 4.69) is 5.32 Å². The van der Waals surface area contributed by atoms with E-state index in [9.17, 15) is 9.18 Å². The van der Waals surface area contributed by atoms with E-state index in [0.717, 1.165) is 0 Å². The van der Waals surface area contributed by atoms with Crippen molar-refractivity contribution in [2.45, 2.75) is 0 Å². The molecule has 1 aromatic rings. The van der Waals surface area contributed by atoms with E-state index in [0.29, 0.717) is 5.69 Å². The van der Waals surface area contributed by atoms with Crippen molar-refractivity contribution in [3.63, 3.8) is 0 Å². The fourth-order valence-electron chi connectivity index (χ4n) is 1.31. The Morgan fingerprint density at radius 3 is 2.71 bits per heavy atom. The summed E-state index contributed by atoms with van der Waals surface area (Å²) in [5.74, 6) is -0.593. The summed E-state index contributed by atoms with van der Waals surface area (Å²) in [7, 11) is 0. The molecule has 14 heavy (non-hydrogen) atoms. The lowest BCUT2D eigenvalue weighted by Crippen LogP contribution is -2.28. The van der Waals surface area contributed by atoms with Crippen molar-refractivity contribution in [3.05, 3.63) is 30.1 Å². The van der Waals surface area contributed by atoms with E-state index >= 15 is 0 Å². The molecule has 1 saturated heterocycles. The van der Waals surface area contributed by atoms with Gasteiger partial charge in [0.15, 0.2) is 5.11 Å². The maximum absolute atomic E-state index is 13.3. The molecule has 72 valence electrons. The van der Waals surface area contributed by atoms with Crippen LogP contribution in [0.4, 0.5) is 10.1 Å². The molecule has 3 nitrogen and oxygen atoms in total. The molecule has 0 bridgehead atoms. The van der Waals surface area contributed by atoms with Crippen molar-refractivity contribution in [1.82, 2.24) is 5.32 Å². The molecule has 0 radical (unpaired) electrons. The minimum absolute atomic E-state index is 0.0831. The van der Waals surface area contributed by atoms with E-state index < -0.39 is 0 Å². The average Bonchev–Trinajstić information content (AvgIpc) is 2.46. The van der Waals surface area contributed by atoms with E-state index in [-0.39, 0.29) is 23.4 Å². The monoisotopic (exact) mass is 210 g/mol. The lowest BCUT2D eigenvalue weighted by atomic mass is 10.3. The molecule has 1 aliphatic rings. The van der Waals surface area contributed by atoms with Crippen LogP contribution in [0.1, 0.15) is 0 Å². The molecule has 1 fully saturated rings. The van der Waals surface area contributed by atoms with Gasteiger partial charge in [-0.1, -0.05) is 12.1 Å². The first-order valence-electron chi connectivity index (χ1n) is 4.04. The maximum atomic E-state index is 13.3. The van der Waals surface area contributed by atoms with Gasteiger partial charge in [-0.3, -0.25) is 4.79 Å². The third kappa shape index (κ3) is 1.46. The van der Waals surface area contributed by atoms with Gasteiger partial charge in [0, 0.05) is 0 Å². The highest BCUT2D eigenvalue weighted by atomic mass is 32.1. The Labute approximate surface area is 85.5 Å². The molecule has 1 N–H and O–H groups in total. The SMILES string of the molecule is O=C1CN(c2ccccc2F)C(=S)N1. The topological polar surface area (TPSA) is 32.3 Å². The van der Waals surface area contributed by atoms with E-state index in [1.54, 1.807) is 18.2 Å². The van der Waals surface area contributed by atoms with Crippen molar-refractivity contribution in [3.8, 4) is 0 Å². The van der Waals surface area contributed by atoms with Crippen molar-refractivity contribution in [2.75, 3.05) is 11.4 Å². The summed E-state index contributed by atoms with van der Waals surface area (Å²) in [4.78, 5) is 12.4. The smallest absolute Gasteiger partial charge is 0.246 e. The van der Waals surface area contributed by atoms with Crippen LogP contribution in [0.5, 0.6) is 0 Å². The van der Waals surface area contributed by atoms with Crippen LogP contribution in [-0.2, 0) is 4.79 Å². The fraction of sp³-hybridized carbons (Fsp3) is 0.111. The summed E-state index contributed by atoms with van der Waals surface area (Å²) < 4.78 is 13.3. The van der Waals surface area contributed by atoms with E-state index in [4.69, 9.17) is 12.2 Å². The summed E-state index contributed by atoms with van der Waals surface area (Å²) in [5.41, 5.74) is 0.329. The number of anilines is 1. The number of carbonyl (C=O) groups excluding carboxylic acids is 1. The molecule has 2 rings (SSSR count). The highest BCUT2D eigenvalue weighted by molar-refractivity contribution is 7.80. The number of nitrogens with one attached hydrogen (secondary N) is 1. The third-order valence-corrected chi connectivity index (χ3v) is 2.26. The standard InChI is InChI=1S/C9H7FN2OS/c10-6-3-1-2-4-7(6)12-5-8(13)11-9(12)14/h1-4H,5H2,(H,11,13,14). The number of nitrogens with zero attached hydrogens (tertiary/aromatic N) is 1. The van der Waals surface area contributed by atoms with Crippen molar-refractivity contribution >= 4 is 28.9 Å². The van der Waals surface area contributed by atoms with Gasteiger partial charge in [-0.15, -0.1) is 0 Å². The van der Waals surface area contributed by atoms with Gasteiger partial charge in [-0.05, 0) is 24.4 Å². The molecular weight excluding hydrogens is 203 g/mol. The molecule has 0 atom stereocenters. The third-order valence-electron chi connectivity index (χ3n) is 1.94. The number of rotatable bonds is 1. The van der Waals surface area contributed by atoms with Gasteiger partial charge in [-0.25, -0.2) is 4.39 Å². The van der Waals surface area contributed by atoms with E-state index in [1.807, 2.05) is 0 Å². The molecule has 0 aromatic heterocycles. The number of benzene rings is 1. The lowest BCUT2D eigenvalue weighted by Gasteiger charge is -2.15. The number of para-hydroxylation sites is 1. The summed E-state index contributed by atoms with van der Waals surface area (Å²) in [6.07, 6.45) is 0. The highest BCUT2D eigenvalue weighted by Crippen LogP contribution is 2.20. The van der Waals surface area contributed by atoms with Crippen LogP contribution in [0.15, 0.2) is 24.3 Å². The molecule has 1 heterocycles. The first kappa shape index (κ1) is 9.08. The van der Waals surface area contributed by atoms with Crippen LogP contribution in [0.2, 0.25) is 0 Å². The van der Waals surface area contributed by atoms with Crippen LogP contribution < -0.4 is 10.2 Å². The number of amides is 1. The number of hydrogen-bond acceptors (Lipinski definition) is 2. The lowest BCUT2D eigenvalue weighted by molar-refractivity contribution is -0.117. The zero-order chi connectivity index (χ0) is 10.1. The Balaban J connectivity index is 2.36. The molecule has 1 aromatic carbocycles. The first-order chi connectivity index (χ1) is 6.68. The second-order valence-electron chi connectivity index (χ2n) is 2.89. The number of carbonyl (C=O) groups is 1. The molecule has 0 aliphatic carbocycles. The van der Waals surface area contributed by atoms with Gasteiger partial charge in [-0.2, -0.15) is 0 Å². The Bertz CT molecular complexity index is 408. The summed E-state index contributed by atoms with van der Waals surface area (Å²) in [6.45, 7) is 0.0831. The molecule has 0 spiro atoms. The van der Waals surface area contributed by atoms with Gasteiger partial charge in [0.1, 0.15) is 12.4 Å².